The predicted octanol–water partition coefficient (Wildman–Crippen LogP) is 2.33. The summed E-state index contributed by atoms with van der Waals surface area (Å²) in [6.45, 7) is 0. The number of hydrogen-bond donors (Lipinski definition) is 1. The van der Waals surface area contributed by atoms with Gasteiger partial charge in [0.1, 0.15) is 5.75 Å². The van der Waals surface area contributed by atoms with Crippen LogP contribution < -0.4 is 10.4 Å². The molecule has 2 aromatic carbocycles. The SMILES string of the molecule is COc1cccc(-n2c(=O)[nH]c3ccccc32)c1. The molecule has 0 bridgehead atoms. The summed E-state index contributed by atoms with van der Waals surface area (Å²) in [6, 6.07) is 15.0. The average molecular weight is 240 g/mol. The van der Waals surface area contributed by atoms with E-state index >= 15 is 0 Å². The molecule has 0 saturated carbocycles. The topological polar surface area (TPSA) is 47.0 Å². The fraction of sp³-hybridized carbons (Fsp3) is 0.0714. The first-order valence-electron chi connectivity index (χ1n) is 5.64. The molecule has 0 amide bonds. The number of hydrogen-bond acceptors (Lipinski definition) is 2. The highest BCUT2D eigenvalue weighted by Crippen LogP contribution is 2.19. The molecule has 0 unspecified atom stereocenters. The van der Waals surface area contributed by atoms with E-state index in [2.05, 4.69) is 4.98 Å². The number of fused-ring (bicyclic) bond motifs is 1. The third-order valence-electron chi connectivity index (χ3n) is 2.90. The van der Waals surface area contributed by atoms with E-state index in [1.54, 1.807) is 11.7 Å². The van der Waals surface area contributed by atoms with Gasteiger partial charge in [-0.25, -0.2) is 4.79 Å². The molecule has 0 aliphatic carbocycles. The van der Waals surface area contributed by atoms with Crippen LogP contribution in [-0.4, -0.2) is 16.7 Å². The van der Waals surface area contributed by atoms with Gasteiger partial charge in [-0.3, -0.25) is 4.57 Å². The maximum Gasteiger partial charge on any atom is 0.331 e. The summed E-state index contributed by atoms with van der Waals surface area (Å²) in [7, 11) is 1.61. The van der Waals surface area contributed by atoms with Gasteiger partial charge in [-0.2, -0.15) is 0 Å². The summed E-state index contributed by atoms with van der Waals surface area (Å²) in [5.41, 5.74) is 2.32. The first-order valence-corrected chi connectivity index (χ1v) is 5.64. The Bertz CT molecular complexity index is 756. The summed E-state index contributed by atoms with van der Waals surface area (Å²) >= 11 is 0. The minimum atomic E-state index is -0.149. The number of nitrogens with one attached hydrogen (secondary N) is 1. The van der Waals surface area contributed by atoms with E-state index in [4.69, 9.17) is 4.74 Å². The predicted molar refractivity (Wildman–Crippen MR) is 70.4 cm³/mol. The van der Waals surface area contributed by atoms with Gasteiger partial charge in [0.05, 0.1) is 23.8 Å². The molecule has 1 heterocycles. The molecular weight excluding hydrogens is 228 g/mol. The van der Waals surface area contributed by atoms with Crippen molar-refractivity contribution in [1.82, 2.24) is 9.55 Å². The number of aromatic amines is 1. The maximum atomic E-state index is 12.0. The summed E-state index contributed by atoms with van der Waals surface area (Å²) < 4.78 is 6.82. The lowest BCUT2D eigenvalue weighted by Crippen LogP contribution is -2.14. The summed E-state index contributed by atoms with van der Waals surface area (Å²) in [5, 5.41) is 0. The van der Waals surface area contributed by atoms with Crippen LogP contribution in [-0.2, 0) is 0 Å². The number of nitrogens with zero attached hydrogens (tertiary/aromatic N) is 1. The lowest BCUT2D eigenvalue weighted by Gasteiger charge is -2.05. The Morgan fingerprint density at radius 3 is 2.78 bits per heavy atom. The zero-order chi connectivity index (χ0) is 12.5. The van der Waals surface area contributed by atoms with E-state index in [1.807, 2.05) is 48.5 Å². The van der Waals surface area contributed by atoms with Gasteiger partial charge in [-0.15, -0.1) is 0 Å². The van der Waals surface area contributed by atoms with Crippen LogP contribution in [0.3, 0.4) is 0 Å². The molecule has 1 N–H and O–H groups in total. The third-order valence-corrected chi connectivity index (χ3v) is 2.90. The van der Waals surface area contributed by atoms with Gasteiger partial charge in [0, 0.05) is 6.07 Å². The number of ether oxygens (including phenoxy) is 1. The van der Waals surface area contributed by atoms with Gasteiger partial charge >= 0.3 is 5.69 Å². The Morgan fingerprint density at radius 2 is 1.94 bits per heavy atom. The molecule has 90 valence electrons. The fourth-order valence-electron chi connectivity index (χ4n) is 2.06. The Balaban J connectivity index is 2.30. The van der Waals surface area contributed by atoms with Crippen LogP contribution in [0, 0.1) is 0 Å². The van der Waals surface area contributed by atoms with E-state index in [0.717, 1.165) is 22.5 Å². The number of imidazole rings is 1. The number of aromatic nitrogens is 2. The van der Waals surface area contributed by atoms with Crippen molar-refractivity contribution in [2.75, 3.05) is 7.11 Å². The van der Waals surface area contributed by atoms with Crippen molar-refractivity contribution in [3.05, 3.63) is 59.0 Å². The zero-order valence-electron chi connectivity index (χ0n) is 9.88. The van der Waals surface area contributed by atoms with E-state index in [0.29, 0.717) is 0 Å². The fourth-order valence-corrected chi connectivity index (χ4v) is 2.06. The second-order valence-corrected chi connectivity index (χ2v) is 3.98. The van der Waals surface area contributed by atoms with Gasteiger partial charge < -0.3 is 9.72 Å². The quantitative estimate of drug-likeness (QED) is 0.747. The van der Waals surface area contributed by atoms with Crippen molar-refractivity contribution in [1.29, 1.82) is 0 Å². The van der Waals surface area contributed by atoms with Gasteiger partial charge in [0.25, 0.3) is 0 Å². The Hall–Kier alpha value is -2.49. The highest BCUT2D eigenvalue weighted by Gasteiger charge is 2.08. The number of para-hydroxylation sites is 2. The highest BCUT2D eigenvalue weighted by atomic mass is 16.5. The van der Waals surface area contributed by atoms with Gasteiger partial charge in [-0.05, 0) is 24.3 Å². The van der Waals surface area contributed by atoms with Gasteiger partial charge in [0.15, 0.2) is 0 Å². The molecule has 1 aromatic heterocycles. The van der Waals surface area contributed by atoms with Crippen molar-refractivity contribution in [3.63, 3.8) is 0 Å². The average Bonchev–Trinajstić information content (AvgIpc) is 2.74. The van der Waals surface area contributed by atoms with Crippen molar-refractivity contribution in [2.45, 2.75) is 0 Å². The van der Waals surface area contributed by atoms with Gasteiger partial charge in [-0.1, -0.05) is 18.2 Å². The molecule has 0 aliphatic heterocycles. The minimum absolute atomic E-state index is 0.149. The van der Waals surface area contributed by atoms with Crippen LogP contribution in [0.2, 0.25) is 0 Å². The van der Waals surface area contributed by atoms with Crippen LogP contribution >= 0.6 is 0 Å². The molecule has 0 spiro atoms. The molecule has 0 aliphatic rings. The van der Waals surface area contributed by atoms with Crippen molar-refractivity contribution in [3.8, 4) is 11.4 Å². The minimum Gasteiger partial charge on any atom is -0.497 e. The highest BCUT2D eigenvalue weighted by molar-refractivity contribution is 5.77. The Labute approximate surface area is 103 Å². The van der Waals surface area contributed by atoms with E-state index < -0.39 is 0 Å². The van der Waals surface area contributed by atoms with Crippen LogP contribution in [0.25, 0.3) is 16.7 Å². The number of methoxy groups -OCH3 is 1. The molecule has 18 heavy (non-hydrogen) atoms. The van der Waals surface area contributed by atoms with Crippen LogP contribution in [0.1, 0.15) is 0 Å². The Morgan fingerprint density at radius 1 is 1.11 bits per heavy atom. The largest absolute Gasteiger partial charge is 0.497 e. The molecule has 3 rings (SSSR count). The molecule has 0 fully saturated rings. The standard InChI is InChI=1S/C14H12N2O2/c1-18-11-6-4-5-10(9-11)16-13-8-3-2-7-12(13)15-14(16)17/h2-9H,1H3,(H,15,17). The molecule has 4 heteroatoms. The molecule has 0 atom stereocenters. The molecule has 4 nitrogen and oxygen atoms in total. The molecule has 3 aromatic rings. The summed E-state index contributed by atoms with van der Waals surface area (Å²) in [6.07, 6.45) is 0. The first kappa shape index (κ1) is 10.7. The molecule has 0 saturated heterocycles. The lowest BCUT2D eigenvalue weighted by molar-refractivity contribution is 0.414. The molecule has 0 radical (unpaired) electrons. The van der Waals surface area contributed by atoms with E-state index in [1.165, 1.54) is 0 Å². The van der Waals surface area contributed by atoms with Crippen molar-refractivity contribution >= 4 is 11.0 Å². The second kappa shape index (κ2) is 4.07. The summed E-state index contributed by atoms with van der Waals surface area (Å²) in [5.74, 6) is 0.727. The van der Waals surface area contributed by atoms with Crippen molar-refractivity contribution < 1.29 is 4.74 Å². The van der Waals surface area contributed by atoms with Crippen molar-refractivity contribution in [2.24, 2.45) is 0 Å². The van der Waals surface area contributed by atoms with E-state index in [-0.39, 0.29) is 5.69 Å². The smallest absolute Gasteiger partial charge is 0.331 e. The Kier molecular flexibility index (Phi) is 2.41. The second-order valence-electron chi connectivity index (χ2n) is 3.98. The summed E-state index contributed by atoms with van der Waals surface area (Å²) in [4.78, 5) is 14.8. The zero-order valence-corrected chi connectivity index (χ0v) is 9.88. The lowest BCUT2D eigenvalue weighted by atomic mass is 10.2. The van der Waals surface area contributed by atoms with Gasteiger partial charge in [0.2, 0.25) is 0 Å². The van der Waals surface area contributed by atoms with E-state index in [9.17, 15) is 4.79 Å². The molecular formula is C14H12N2O2. The van der Waals surface area contributed by atoms with Crippen LogP contribution in [0.4, 0.5) is 0 Å². The number of rotatable bonds is 2. The maximum absolute atomic E-state index is 12.0. The third kappa shape index (κ3) is 1.59. The number of H-pyrrole nitrogens is 1. The first-order chi connectivity index (χ1) is 8.79. The van der Waals surface area contributed by atoms with Crippen LogP contribution in [0.15, 0.2) is 53.3 Å². The normalized spacial score (nSPS) is 10.7. The van der Waals surface area contributed by atoms with Crippen LogP contribution in [0.5, 0.6) is 5.75 Å². The monoisotopic (exact) mass is 240 g/mol. The number of benzene rings is 2.